The van der Waals surface area contributed by atoms with Crippen LogP contribution in [0.4, 0.5) is 5.00 Å². The summed E-state index contributed by atoms with van der Waals surface area (Å²) in [6.45, 7) is 3.63. The maximum absolute atomic E-state index is 11.6. The molecular weight excluding hydrogens is 226 g/mol. The molecule has 0 atom stereocenters. The fourth-order valence-corrected chi connectivity index (χ4v) is 2.59. The molecule has 4 nitrogen and oxygen atoms in total. The van der Waals surface area contributed by atoms with E-state index >= 15 is 0 Å². The zero-order valence-electron chi connectivity index (χ0n) is 9.16. The second kappa shape index (κ2) is 3.90. The zero-order chi connectivity index (χ0) is 11.9. The predicted octanol–water partition coefficient (Wildman–Crippen LogP) is 2.41. The van der Waals surface area contributed by atoms with Gasteiger partial charge in [-0.2, -0.15) is 0 Å². The molecule has 1 heterocycles. The monoisotopic (exact) mass is 239 g/mol. The van der Waals surface area contributed by atoms with Crippen LogP contribution in [0.3, 0.4) is 0 Å². The van der Waals surface area contributed by atoms with Gasteiger partial charge in [0.2, 0.25) is 5.91 Å². The molecule has 16 heavy (non-hydrogen) atoms. The van der Waals surface area contributed by atoms with Crippen LogP contribution in [0.1, 0.15) is 33.6 Å². The Hall–Kier alpha value is -1.36. The van der Waals surface area contributed by atoms with Crippen LogP contribution in [-0.2, 0) is 4.79 Å². The molecule has 0 spiro atoms. The highest BCUT2D eigenvalue weighted by Gasteiger charge is 2.31. The van der Waals surface area contributed by atoms with Crippen molar-refractivity contribution in [1.82, 2.24) is 0 Å². The molecule has 0 unspecified atom stereocenters. The average Bonchev–Trinajstić information content (AvgIpc) is 2.96. The van der Waals surface area contributed by atoms with Crippen molar-refractivity contribution < 1.29 is 14.7 Å². The lowest BCUT2D eigenvalue weighted by atomic mass is 10.1. The van der Waals surface area contributed by atoms with Gasteiger partial charge in [0.15, 0.2) is 0 Å². The van der Waals surface area contributed by atoms with Crippen LogP contribution in [0.5, 0.6) is 0 Å². The van der Waals surface area contributed by atoms with Crippen molar-refractivity contribution in [3.8, 4) is 0 Å². The minimum atomic E-state index is -0.979. The number of hydrogen-bond acceptors (Lipinski definition) is 3. The van der Waals surface area contributed by atoms with Crippen molar-refractivity contribution >= 4 is 28.2 Å². The number of carboxylic acid groups (broad SMARTS) is 1. The van der Waals surface area contributed by atoms with Gasteiger partial charge in [-0.3, -0.25) is 4.79 Å². The highest BCUT2D eigenvalue weighted by molar-refractivity contribution is 7.16. The highest BCUT2D eigenvalue weighted by atomic mass is 32.1. The third-order valence-electron chi connectivity index (χ3n) is 2.78. The molecule has 1 aromatic heterocycles. The van der Waals surface area contributed by atoms with E-state index in [1.165, 1.54) is 11.3 Å². The molecule has 86 valence electrons. The van der Waals surface area contributed by atoms with Crippen LogP contribution < -0.4 is 5.32 Å². The summed E-state index contributed by atoms with van der Waals surface area (Å²) in [5, 5.41) is 12.3. The summed E-state index contributed by atoms with van der Waals surface area (Å²) in [6.07, 6.45) is 1.83. The van der Waals surface area contributed by atoms with Crippen molar-refractivity contribution in [2.45, 2.75) is 26.7 Å². The number of aromatic carboxylic acids is 1. The SMILES string of the molecule is Cc1sc(NC(=O)C2CC2)c(C(=O)O)c1C. The summed E-state index contributed by atoms with van der Waals surface area (Å²) < 4.78 is 0. The maximum atomic E-state index is 11.6. The Labute approximate surface area is 97.3 Å². The van der Waals surface area contributed by atoms with E-state index in [4.69, 9.17) is 5.11 Å². The van der Waals surface area contributed by atoms with Crippen molar-refractivity contribution in [1.29, 1.82) is 0 Å². The van der Waals surface area contributed by atoms with Gasteiger partial charge >= 0.3 is 5.97 Å². The Kier molecular flexibility index (Phi) is 2.71. The topological polar surface area (TPSA) is 66.4 Å². The highest BCUT2D eigenvalue weighted by Crippen LogP contribution is 2.35. The third-order valence-corrected chi connectivity index (χ3v) is 3.91. The van der Waals surface area contributed by atoms with Crippen LogP contribution in [0, 0.1) is 19.8 Å². The van der Waals surface area contributed by atoms with Gasteiger partial charge in [-0.15, -0.1) is 11.3 Å². The number of rotatable bonds is 3. The predicted molar refractivity (Wildman–Crippen MR) is 62.1 cm³/mol. The fourth-order valence-electron chi connectivity index (χ4n) is 1.53. The molecule has 0 radical (unpaired) electrons. The molecular formula is C11H13NO3S. The molecule has 1 aliphatic rings. The summed E-state index contributed by atoms with van der Waals surface area (Å²) in [4.78, 5) is 23.6. The molecule has 0 bridgehead atoms. The molecule has 1 aliphatic carbocycles. The number of anilines is 1. The van der Waals surface area contributed by atoms with E-state index in [1.807, 2.05) is 6.92 Å². The smallest absolute Gasteiger partial charge is 0.338 e. The van der Waals surface area contributed by atoms with E-state index in [9.17, 15) is 9.59 Å². The number of aryl methyl sites for hydroxylation is 1. The number of carbonyl (C=O) groups is 2. The second-order valence-electron chi connectivity index (χ2n) is 4.06. The lowest BCUT2D eigenvalue weighted by Gasteiger charge is -2.02. The first-order chi connectivity index (χ1) is 7.50. The molecule has 0 aromatic carbocycles. The Morgan fingerprint density at radius 3 is 2.50 bits per heavy atom. The summed E-state index contributed by atoms with van der Waals surface area (Å²) in [6, 6.07) is 0. The number of carbonyl (C=O) groups excluding carboxylic acids is 1. The summed E-state index contributed by atoms with van der Waals surface area (Å²) in [7, 11) is 0. The first-order valence-corrected chi connectivity index (χ1v) is 5.96. The van der Waals surface area contributed by atoms with Gasteiger partial charge < -0.3 is 10.4 Å². The van der Waals surface area contributed by atoms with E-state index in [0.717, 1.165) is 23.3 Å². The third kappa shape index (κ3) is 1.95. The van der Waals surface area contributed by atoms with Crippen molar-refractivity contribution in [3.63, 3.8) is 0 Å². The molecule has 0 aliphatic heterocycles. The van der Waals surface area contributed by atoms with Gasteiger partial charge in [0.1, 0.15) is 5.00 Å². The summed E-state index contributed by atoms with van der Waals surface area (Å²) in [5.41, 5.74) is 0.972. The first kappa shape index (κ1) is 11.1. The largest absolute Gasteiger partial charge is 0.478 e. The van der Waals surface area contributed by atoms with Gasteiger partial charge in [0.05, 0.1) is 5.56 Å². The number of nitrogens with one attached hydrogen (secondary N) is 1. The van der Waals surface area contributed by atoms with E-state index in [1.54, 1.807) is 6.92 Å². The number of amides is 1. The normalized spacial score (nSPS) is 14.9. The minimum absolute atomic E-state index is 0.0521. The van der Waals surface area contributed by atoms with Crippen LogP contribution in [0.15, 0.2) is 0 Å². The second-order valence-corrected chi connectivity index (χ2v) is 5.28. The quantitative estimate of drug-likeness (QED) is 0.851. The van der Waals surface area contributed by atoms with Gasteiger partial charge in [0.25, 0.3) is 0 Å². The van der Waals surface area contributed by atoms with E-state index in [0.29, 0.717) is 5.00 Å². The van der Waals surface area contributed by atoms with Crippen LogP contribution in [-0.4, -0.2) is 17.0 Å². The Balaban J connectivity index is 2.28. The zero-order valence-corrected chi connectivity index (χ0v) is 9.98. The molecule has 1 amide bonds. The Morgan fingerprint density at radius 1 is 1.38 bits per heavy atom. The minimum Gasteiger partial charge on any atom is -0.478 e. The molecule has 2 rings (SSSR count). The lowest BCUT2D eigenvalue weighted by molar-refractivity contribution is -0.117. The molecule has 1 fully saturated rings. The van der Waals surface area contributed by atoms with E-state index in [-0.39, 0.29) is 17.4 Å². The Bertz CT molecular complexity index is 460. The van der Waals surface area contributed by atoms with Crippen LogP contribution in [0.25, 0.3) is 0 Å². The molecule has 1 aromatic rings. The lowest BCUT2D eigenvalue weighted by Crippen LogP contribution is -2.14. The van der Waals surface area contributed by atoms with Gasteiger partial charge in [-0.1, -0.05) is 0 Å². The number of thiophene rings is 1. The maximum Gasteiger partial charge on any atom is 0.338 e. The number of hydrogen-bond donors (Lipinski definition) is 2. The Morgan fingerprint density at radius 2 is 2.00 bits per heavy atom. The molecule has 5 heteroatoms. The molecule has 2 N–H and O–H groups in total. The standard InChI is InChI=1S/C11H13NO3S/c1-5-6(2)16-10(8(5)11(14)15)12-9(13)7-3-4-7/h7H,3-4H2,1-2H3,(H,12,13)(H,14,15). The van der Waals surface area contributed by atoms with Crippen LogP contribution in [0.2, 0.25) is 0 Å². The van der Waals surface area contributed by atoms with Gasteiger partial charge in [-0.05, 0) is 32.3 Å². The van der Waals surface area contributed by atoms with Crippen LogP contribution >= 0.6 is 11.3 Å². The summed E-state index contributed by atoms with van der Waals surface area (Å²) in [5.74, 6) is -0.943. The van der Waals surface area contributed by atoms with E-state index in [2.05, 4.69) is 5.32 Å². The van der Waals surface area contributed by atoms with Gasteiger partial charge in [-0.25, -0.2) is 4.79 Å². The van der Waals surface area contributed by atoms with Crippen molar-refractivity contribution in [3.05, 3.63) is 16.0 Å². The van der Waals surface area contributed by atoms with Gasteiger partial charge in [0, 0.05) is 10.8 Å². The van der Waals surface area contributed by atoms with E-state index < -0.39 is 5.97 Å². The summed E-state index contributed by atoms with van der Waals surface area (Å²) >= 11 is 1.33. The average molecular weight is 239 g/mol. The van der Waals surface area contributed by atoms with Crippen molar-refractivity contribution in [2.75, 3.05) is 5.32 Å². The number of carboxylic acids is 1. The van der Waals surface area contributed by atoms with Crippen molar-refractivity contribution in [2.24, 2.45) is 5.92 Å². The molecule has 0 saturated heterocycles. The molecule has 1 saturated carbocycles. The fraction of sp³-hybridized carbons (Fsp3) is 0.455. The first-order valence-electron chi connectivity index (χ1n) is 5.15.